The zero-order valence-corrected chi connectivity index (χ0v) is 18.3. The van der Waals surface area contributed by atoms with Crippen LogP contribution in [0.1, 0.15) is 35.6 Å². The monoisotopic (exact) mass is 414 g/mol. The summed E-state index contributed by atoms with van der Waals surface area (Å²) in [6.45, 7) is 0.761. The van der Waals surface area contributed by atoms with Gasteiger partial charge in [-0.1, -0.05) is 60.7 Å². The summed E-state index contributed by atoms with van der Waals surface area (Å²) in [7, 11) is 4.07. The summed E-state index contributed by atoms with van der Waals surface area (Å²) in [6.07, 6.45) is 3.15. The second-order valence-electron chi connectivity index (χ2n) is 8.43. The molecule has 0 fully saturated rings. The van der Waals surface area contributed by atoms with E-state index in [1.54, 1.807) is 0 Å². The van der Waals surface area contributed by atoms with Crippen molar-refractivity contribution in [1.29, 1.82) is 0 Å². The molecule has 4 rings (SSSR count). The van der Waals surface area contributed by atoms with E-state index in [9.17, 15) is 4.79 Å². The van der Waals surface area contributed by atoms with Gasteiger partial charge in [0.15, 0.2) is 6.61 Å². The Bertz CT molecular complexity index is 1030. The van der Waals surface area contributed by atoms with Gasteiger partial charge >= 0.3 is 0 Å². The fourth-order valence-corrected chi connectivity index (χ4v) is 4.28. The van der Waals surface area contributed by atoms with Crippen molar-refractivity contribution in [1.82, 2.24) is 10.2 Å². The zero-order valence-electron chi connectivity index (χ0n) is 18.3. The van der Waals surface area contributed by atoms with E-state index in [-0.39, 0.29) is 18.6 Å². The second kappa shape index (κ2) is 9.80. The first-order chi connectivity index (χ1) is 15.1. The molecule has 0 heterocycles. The molecular weight excluding hydrogens is 384 g/mol. The molecule has 31 heavy (non-hydrogen) atoms. The van der Waals surface area contributed by atoms with E-state index in [2.05, 4.69) is 52.7 Å². The Morgan fingerprint density at radius 3 is 2.58 bits per heavy atom. The molecule has 0 saturated carbocycles. The maximum Gasteiger partial charge on any atom is 0.258 e. The zero-order chi connectivity index (χ0) is 21.6. The standard InChI is InChI=1S/C27H30N2O2/c1-29(2)18-23-17-22(20-9-4-3-5-10-20)15-16-26(23)31-19-27(30)28-25-14-8-12-21-11-6-7-13-24(21)25/h3-7,9-11,13,15-17,25H,8,12,14,18-19H2,1-2H3,(H,28,30)/t25-/m1/s1. The summed E-state index contributed by atoms with van der Waals surface area (Å²) in [4.78, 5) is 14.8. The quantitative estimate of drug-likeness (QED) is 0.592. The van der Waals surface area contributed by atoms with Crippen LogP contribution in [-0.2, 0) is 17.8 Å². The van der Waals surface area contributed by atoms with Crippen LogP contribution in [0.3, 0.4) is 0 Å². The van der Waals surface area contributed by atoms with Gasteiger partial charge in [0.2, 0.25) is 0 Å². The number of ether oxygens (including phenoxy) is 1. The minimum atomic E-state index is -0.0790. The molecule has 1 aliphatic rings. The minimum absolute atomic E-state index is 0.0176. The third-order valence-electron chi connectivity index (χ3n) is 5.72. The first-order valence-electron chi connectivity index (χ1n) is 10.9. The third-order valence-corrected chi connectivity index (χ3v) is 5.72. The third kappa shape index (κ3) is 5.33. The first-order valence-corrected chi connectivity index (χ1v) is 10.9. The predicted molar refractivity (Wildman–Crippen MR) is 125 cm³/mol. The molecule has 4 nitrogen and oxygen atoms in total. The van der Waals surface area contributed by atoms with Crippen LogP contribution in [0.15, 0.2) is 72.8 Å². The van der Waals surface area contributed by atoms with E-state index in [0.29, 0.717) is 0 Å². The average Bonchev–Trinajstić information content (AvgIpc) is 2.79. The molecule has 0 radical (unpaired) electrons. The molecule has 0 spiro atoms. The number of hydrogen-bond donors (Lipinski definition) is 1. The normalized spacial score (nSPS) is 15.4. The van der Waals surface area contributed by atoms with E-state index in [1.165, 1.54) is 16.7 Å². The number of nitrogens with one attached hydrogen (secondary N) is 1. The molecule has 4 heteroatoms. The smallest absolute Gasteiger partial charge is 0.258 e. The molecule has 0 aromatic heterocycles. The lowest BCUT2D eigenvalue weighted by molar-refractivity contribution is -0.124. The first kappa shape index (κ1) is 21.1. The van der Waals surface area contributed by atoms with Crippen molar-refractivity contribution in [2.24, 2.45) is 0 Å². The summed E-state index contributed by atoms with van der Waals surface area (Å²) >= 11 is 0. The van der Waals surface area contributed by atoms with E-state index in [0.717, 1.165) is 42.7 Å². The highest BCUT2D eigenvalue weighted by molar-refractivity contribution is 5.78. The molecule has 1 atom stereocenters. The number of rotatable bonds is 7. The number of nitrogens with zero attached hydrogens (tertiary/aromatic N) is 1. The Hall–Kier alpha value is -3.11. The molecular formula is C27H30N2O2. The number of carbonyl (C=O) groups is 1. The lowest BCUT2D eigenvalue weighted by atomic mass is 9.88. The Kier molecular flexibility index (Phi) is 6.68. The Morgan fingerprint density at radius 1 is 1.00 bits per heavy atom. The maximum atomic E-state index is 12.7. The van der Waals surface area contributed by atoms with E-state index in [1.807, 2.05) is 44.4 Å². The van der Waals surface area contributed by atoms with Gasteiger partial charge in [0, 0.05) is 12.1 Å². The van der Waals surface area contributed by atoms with Crippen molar-refractivity contribution in [3.63, 3.8) is 0 Å². The van der Waals surface area contributed by atoms with E-state index < -0.39 is 0 Å². The molecule has 160 valence electrons. The van der Waals surface area contributed by atoms with Crippen LogP contribution >= 0.6 is 0 Å². The SMILES string of the molecule is CN(C)Cc1cc(-c2ccccc2)ccc1OCC(=O)N[C@@H]1CCCc2ccccc21. The van der Waals surface area contributed by atoms with Crippen LogP contribution in [0.5, 0.6) is 5.75 Å². The Morgan fingerprint density at radius 2 is 1.77 bits per heavy atom. The average molecular weight is 415 g/mol. The second-order valence-corrected chi connectivity index (χ2v) is 8.43. The predicted octanol–water partition coefficient (Wildman–Crippen LogP) is 4.99. The van der Waals surface area contributed by atoms with E-state index >= 15 is 0 Å². The topological polar surface area (TPSA) is 41.6 Å². The van der Waals surface area contributed by atoms with Crippen molar-refractivity contribution in [3.05, 3.63) is 89.5 Å². The largest absolute Gasteiger partial charge is 0.483 e. The van der Waals surface area contributed by atoms with Gasteiger partial charge in [-0.05, 0) is 67.7 Å². The molecule has 3 aromatic carbocycles. The van der Waals surface area contributed by atoms with Gasteiger partial charge in [0.1, 0.15) is 5.75 Å². The van der Waals surface area contributed by atoms with Gasteiger partial charge in [-0.3, -0.25) is 4.79 Å². The minimum Gasteiger partial charge on any atom is -0.483 e. The van der Waals surface area contributed by atoms with Crippen molar-refractivity contribution in [2.45, 2.75) is 31.8 Å². The fourth-order valence-electron chi connectivity index (χ4n) is 4.28. The van der Waals surface area contributed by atoms with Gasteiger partial charge in [-0.2, -0.15) is 0 Å². The number of fused-ring (bicyclic) bond motifs is 1. The molecule has 0 bridgehead atoms. The maximum absolute atomic E-state index is 12.7. The number of amides is 1. The Balaban J connectivity index is 1.44. The summed E-state index contributed by atoms with van der Waals surface area (Å²) in [5, 5.41) is 3.17. The Labute approximate surface area is 184 Å². The summed E-state index contributed by atoms with van der Waals surface area (Å²) in [5.41, 5.74) is 5.96. The number of hydrogen-bond acceptors (Lipinski definition) is 3. The van der Waals surface area contributed by atoms with Crippen LogP contribution in [0, 0.1) is 0 Å². The number of carbonyl (C=O) groups excluding carboxylic acids is 1. The van der Waals surface area contributed by atoms with Crippen LogP contribution in [0.25, 0.3) is 11.1 Å². The van der Waals surface area contributed by atoms with Gasteiger partial charge in [0.05, 0.1) is 6.04 Å². The molecule has 0 unspecified atom stereocenters. The highest BCUT2D eigenvalue weighted by Crippen LogP contribution is 2.30. The molecule has 1 aliphatic carbocycles. The molecule has 1 amide bonds. The number of benzene rings is 3. The van der Waals surface area contributed by atoms with Gasteiger partial charge in [-0.25, -0.2) is 0 Å². The molecule has 0 aliphatic heterocycles. The highest BCUT2D eigenvalue weighted by atomic mass is 16.5. The van der Waals surface area contributed by atoms with Crippen molar-refractivity contribution < 1.29 is 9.53 Å². The van der Waals surface area contributed by atoms with Gasteiger partial charge in [0.25, 0.3) is 5.91 Å². The van der Waals surface area contributed by atoms with Crippen molar-refractivity contribution in [3.8, 4) is 16.9 Å². The summed E-state index contributed by atoms with van der Waals surface area (Å²) in [6, 6.07) is 25.0. The van der Waals surface area contributed by atoms with Gasteiger partial charge < -0.3 is 15.0 Å². The summed E-state index contributed by atoms with van der Waals surface area (Å²) in [5.74, 6) is 0.678. The number of aryl methyl sites for hydroxylation is 1. The van der Waals surface area contributed by atoms with Crippen LogP contribution in [-0.4, -0.2) is 31.5 Å². The van der Waals surface area contributed by atoms with E-state index in [4.69, 9.17) is 4.74 Å². The lowest BCUT2D eigenvalue weighted by Crippen LogP contribution is -2.34. The van der Waals surface area contributed by atoms with Crippen molar-refractivity contribution >= 4 is 5.91 Å². The van der Waals surface area contributed by atoms with Crippen LogP contribution in [0.4, 0.5) is 0 Å². The van der Waals surface area contributed by atoms with Gasteiger partial charge in [-0.15, -0.1) is 0 Å². The highest BCUT2D eigenvalue weighted by Gasteiger charge is 2.21. The molecule has 0 saturated heterocycles. The van der Waals surface area contributed by atoms with Crippen LogP contribution < -0.4 is 10.1 Å². The summed E-state index contributed by atoms with van der Waals surface area (Å²) < 4.78 is 5.98. The lowest BCUT2D eigenvalue weighted by Gasteiger charge is -2.26. The molecule has 3 aromatic rings. The molecule has 1 N–H and O–H groups in total. The van der Waals surface area contributed by atoms with Crippen LogP contribution in [0.2, 0.25) is 0 Å². The van der Waals surface area contributed by atoms with Crippen molar-refractivity contribution in [2.75, 3.05) is 20.7 Å². The fraction of sp³-hybridized carbons (Fsp3) is 0.296.